The highest BCUT2D eigenvalue weighted by Gasteiger charge is 2.28. The largest absolute Gasteiger partial charge is 0.358 e. The van der Waals surface area contributed by atoms with E-state index in [1.165, 1.54) is 7.11 Å². The van der Waals surface area contributed by atoms with Crippen LogP contribution in [0.15, 0.2) is 17.2 Å². The Morgan fingerprint density at radius 2 is 2.10 bits per heavy atom. The van der Waals surface area contributed by atoms with Crippen LogP contribution in [0, 0.1) is 10.8 Å². The first-order valence-corrected chi connectivity index (χ1v) is 8.00. The van der Waals surface area contributed by atoms with Gasteiger partial charge in [0.2, 0.25) is 5.82 Å². The molecule has 110 valence electrons. The summed E-state index contributed by atoms with van der Waals surface area (Å²) in [6.45, 7) is 6.28. The van der Waals surface area contributed by atoms with E-state index in [0.717, 1.165) is 42.5 Å². The molecule has 0 atom stereocenters. The van der Waals surface area contributed by atoms with E-state index < -0.39 is 0 Å². The molecule has 0 unspecified atom stereocenters. The maximum atomic E-state index is 11.8. The Bertz CT molecular complexity index is 473. The predicted octanol–water partition coefficient (Wildman–Crippen LogP) is 3.40. The van der Waals surface area contributed by atoms with Gasteiger partial charge in [-0.3, -0.25) is 0 Å². The zero-order valence-electron chi connectivity index (χ0n) is 12.3. The highest BCUT2D eigenvalue weighted by atomic mass is 32.2. The molecule has 0 aliphatic carbocycles. The Balaban J connectivity index is 2.26. The minimum atomic E-state index is 0.489. The Labute approximate surface area is 124 Å². The van der Waals surface area contributed by atoms with Crippen LogP contribution in [0.1, 0.15) is 26.7 Å². The van der Waals surface area contributed by atoms with E-state index in [0.29, 0.717) is 16.5 Å². The molecule has 2 rings (SSSR count). The fraction of sp³-hybridized carbons (Fsp3) is 0.643. The summed E-state index contributed by atoms with van der Waals surface area (Å²) in [4.78, 5) is 23.9. The lowest BCUT2D eigenvalue weighted by Crippen LogP contribution is -2.21. The third-order valence-electron chi connectivity index (χ3n) is 3.16. The predicted molar refractivity (Wildman–Crippen MR) is 81.5 cm³/mol. The molecule has 5 nitrogen and oxygen atoms in total. The molecule has 20 heavy (non-hydrogen) atoms. The molecule has 1 saturated heterocycles. The van der Waals surface area contributed by atoms with Gasteiger partial charge in [0, 0.05) is 24.9 Å². The number of hydrogen-bond donors (Lipinski definition) is 0. The number of hydrogen-bond acceptors (Lipinski definition) is 5. The maximum Gasteiger partial charge on any atom is 0.358 e. The molecule has 0 bridgehead atoms. The number of nitrogens with zero attached hydrogens (tertiary/aromatic N) is 3. The van der Waals surface area contributed by atoms with E-state index in [2.05, 4.69) is 23.7 Å². The quantitative estimate of drug-likeness (QED) is 0.594. The van der Waals surface area contributed by atoms with Crippen LogP contribution in [-0.2, 0) is 4.84 Å². The number of thioether (sulfide) groups is 1. The molecule has 1 aliphatic heterocycles. The van der Waals surface area contributed by atoms with Crippen molar-refractivity contribution in [1.29, 1.82) is 0 Å². The van der Waals surface area contributed by atoms with Gasteiger partial charge in [-0.1, -0.05) is 13.8 Å². The van der Waals surface area contributed by atoms with Crippen LogP contribution in [0.2, 0.25) is 0 Å². The summed E-state index contributed by atoms with van der Waals surface area (Å²) in [5.41, 5.74) is 0.489. The van der Waals surface area contributed by atoms with Crippen LogP contribution in [0.4, 0.5) is 11.5 Å². The van der Waals surface area contributed by atoms with Gasteiger partial charge in [0.05, 0.1) is 9.93 Å². The van der Waals surface area contributed by atoms with Crippen molar-refractivity contribution < 1.29 is 9.76 Å². The van der Waals surface area contributed by atoms with Crippen LogP contribution in [0.25, 0.3) is 0 Å². The summed E-state index contributed by atoms with van der Waals surface area (Å²) in [7, 11) is 1.38. The van der Waals surface area contributed by atoms with Gasteiger partial charge in [-0.2, -0.15) is 0 Å². The zero-order valence-corrected chi connectivity index (χ0v) is 13.2. The van der Waals surface area contributed by atoms with Crippen molar-refractivity contribution >= 4 is 23.3 Å². The highest BCUT2D eigenvalue weighted by Crippen LogP contribution is 2.32. The van der Waals surface area contributed by atoms with E-state index >= 15 is 0 Å². The third-order valence-corrected chi connectivity index (χ3v) is 4.52. The van der Waals surface area contributed by atoms with Crippen molar-refractivity contribution in [1.82, 2.24) is 4.98 Å². The summed E-state index contributed by atoms with van der Waals surface area (Å²) in [5.74, 6) is 2.39. The van der Waals surface area contributed by atoms with E-state index in [1.54, 1.807) is 17.8 Å². The first kappa shape index (κ1) is 15.1. The molecule has 2 heterocycles. The number of anilines is 1. The second-order valence-corrected chi connectivity index (χ2v) is 6.37. The summed E-state index contributed by atoms with van der Waals surface area (Å²) in [6.07, 6.45) is 2.30. The minimum absolute atomic E-state index is 0.489. The van der Waals surface area contributed by atoms with Gasteiger partial charge < -0.3 is 4.90 Å². The SMILES string of the molecule is CO[N+](=O)c1ccc(SCC(C)C)nc1N1CCCC1. The molecule has 0 aromatic carbocycles. The van der Waals surface area contributed by atoms with Gasteiger partial charge in [-0.25, -0.2) is 9.82 Å². The average Bonchev–Trinajstić information content (AvgIpc) is 2.98. The van der Waals surface area contributed by atoms with E-state index in [1.807, 2.05) is 6.07 Å². The number of pyridine rings is 1. The van der Waals surface area contributed by atoms with E-state index in [9.17, 15) is 4.91 Å². The first-order chi connectivity index (χ1) is 9.61. The van der Waals surface area contributed by atoms with Crippen molar-refractivity contribution in [3.8, 4) is 0 Å². The van der Waals surface area contributed by atoms with Crippen LogP contribution in [0.5, 0.6) is 0 Å². The lowest BCUT2D eigenvalue weighted by Gasteiger charge is -2.16. The van der Waals surface area contributed by atoms with E-state index in [4.69, 9.17) is 4.84 Å². The standard InChI is InChI=1S/C14H22N3O2S/c1-11(2)10-20-13-7-6-12(17(18)19-3)14(15-13)16-8-4-5-9-16/h6-7,11H,4-5,8-10H2,1-3H3/q+1. The minimum Gasteiger partial charge on any atom is -0.351 e. The van der Waals surface area contributed by atoms with Crippen molar-refractivity contribution in [2.45, 2.75) is 31.7 Å². The molecular formula is C14H22N3O2S+. The van der Waals surface area contributed by atoms with Gasteiger partial charge in [0.25, 0.3) is 4.92 Å². The van der Waals surface area contributed by atoms with Crippen LogP contribution >= 0.6 is 11.8 Å². The molecule has 6 heteroatoms. The second kappa shape index (κ2) is 6.92. The first-order valence-electron chi connectivity index (χ1n) is 7.02. The molecule has 0 radical (unpaired) electrons. The van der Waals surface area contributed by atoms with Crippen LogP contribution in [-0.4, -0.2) is 35.9 Å². The maximum absolute atomic E-state index is 11.8. The van der Waals surface area contributed by atoms with Crippen molar-refractivity contribution in [2.75, 3.05) is 30.9 Å². The molecule has 1 aromatic heterocycles. The molecule has 1 aliphatic rings. The molecule has 1 aromatic rings. The zero-order chi connectivity index (χ0) is 14.5. The monoisotopic (exact) mass is 296 g/mol. The summed E-state index contributed by atoms with van der Waals surface area (Å²) in [5, 5.41) is 0.967. The van der Waals surface area contributed by atoms with Gasteiger partial charge >= 0.3 is 5.69 Å². The number of rotatable bonds is 6. The summed E-state index contributed by atoms with van der Waals surface area (Å²) >= 11 is 1.73. The summed E-state index contributed by atoms with van der Waals surface area (Å²) in [6, 6.07) is 3.70. The lowest BCUT2D eigenvalue weighted by molar-refractivity contribution is -0.736. The Kier molecular flexibility index (Phi) is 5.23. The molecule has 0 N–H and O–H groups in total. The molecular weight excluding hydrogens is 274 g/mol. The number of aromatic nitrogens is 1. The Morgan fingerprint density at radius 1 is 1.40 bits per heavy atom. The molecule has 1 fully saturated rings. The third kappa shape index (κ3) is 3.62. The lowest BCUT2D eigenvalue weighted by atomic mass is 10.3. The smallest absolute Gasteiger partial charge is 0.351 e. The van der Waals surface area contributed by atoms with Gasteiger partial charge in [0.15, 0.2) is 7.11 Å². The van der Waals surface area contributed by atoms with Gasteiger partial charge in [-0.05, 0) is 24.8 Å². The fourth-order valence-corrected chi connectivity index (χ4v) is 2.98. The second-order valence-electron chi connectivity index (χ2n) is 5.33. The van der Waals surface area contributed by atoms with Gasteiger partial charge in [0.1, 0.15) is 0 Å². The topological polar surface area (TPSA) is 45.4 Å². The van der Waals surface area contributed by atoms with Crippen LogP contribution in [0.3, 0.4) is 0 Å². The van der Waals surface area contributed by atoms with Crippen molar-refractivity contribution in [2.24, 2.45) is 5.92 Å². The normalized spacial score (nSPS) is 14.9. The van der Waals surface area contributed by atoms with Crippen molar-refractivity contribution in [3.05, 3.63) is 17.0 Å². The van der Waals surface area contributed by atoms with Crippen LogP contribution < -0.4 is 4.90 Å². The molecule has 0 amide bonds. The highest BCUT2D eigenvalue weighted by molar-refractivity contribution is 7.99. The average molecular weight is 296 g/mol. The molecule has 0 saturated carbocycles. The Hall–Kier alpha value is -1.30. The fourth-order valence-electron chi connectivity index (χ4n) is 2.16. The molecule has 0 spiro atoms. The Morgan fingerprint density at radius 3 is 2.70 bits per heavy atom. The summed E-state index contributed by atoms with van der Waals surface area (Å²) < 4.78 is 0. The van der Waals surface area contributed by atoms with Crippen molar-refractivity contribution in [3.63, 3.8) is 0 Å². The van der Waals surface area contributed by atoms with Gasteiger partial charge in [-0.15, -0.1) is 11.8 Å². The van der Waals surface area contributed by atoms with E-state index in [-0.39, 0.29) is 0 Å².